The molecule has 0 aromatic rings. The maximum absolute atomic E-state index is 6.21. The minimum absolute atomic E-state index is 0.155. The first kappa shape index (κ1) is 12.9. The predicted octanol–water partition coefficient (Wildman–Crippen LogP) is 0.519. The molecule has 0 aromatic heterocycles. The Kier molecular flexibility index (Phi) is 3.39. The third-order valence-corrected chi connectivity index (χ3v) is 5.44. The fraction of sp³-hybridized carbons (Fsp3) is 1.00. The van der Waals surface area contributed by atoms with Crippen molar-refractivity contribution in [2.75, 3.05) is 39.9 Å². The van der Waals surface area contributed by atoms with Crippen LogP contribution in [0.1, 0.15) is 26.2 Å². The number of rotatable bonds is 2. The molecule has 3 aliphatic heterocycles. The number of likely N-dealkylation sites (tertiary alicyclic amines) is 1. The van der Waals surface area contributed by atoms with Crippen LogP contribution in [0.4, 0.5) is 0 Å². The summed E-state index contributed by atoms with van der Waals surface area (Å²) in [6, 6.07) is 1.79. The van der Waals surface area contributed by atoms with E-state index in [4.69, 9.17) is 10.5 Å². The number of hydrogen-bond donors (Lipinski definition) is 1. The second kappa shape index (κ2) is 4.75. The Balaban J connectivity index is 1.64. The highest BCUT2D eigenvalue weighted by Gasteiger charge is 2.41. The van der Waals surface area contributed by atoms with Gasteiger partial charge in [0, 0.05) is 36.6 Å². The van der Waals surface area contributed by atoms with Crippen LogP contribution in [0, 0.1) is 5.41 Å². The van der Waals surface area contributed by atoms with Crippen molar-refractivity contribution in [3.05, 3.63) is 0 Å². The van der Waals surface area contributed by atoms with Crippen LogP contribution in [0.15, 0.2) is 0 Å². The van der Waals surface area contributed by atoms with Crippen LogP contribution in [-0.4, -0.2) is 67.8 Å². The summed E-state index contributed by atoms with van der Waals surface area (Å²) >= 11 is 0. The van der Waals surface area contributed by atoms with E-state index >= 15 is 0 Å². The molecule has 0 radical (unpaired) electrons. The third kappa shape index (κ3) is 2.20. The van der Waals surface area contributed by atoms with Gasteiger partial charge in [0.05, 0.1) is 13.2 Å². The summed E-state index contributed by atoms with van der Waals surface area (Å²) in [7, 11) is 2.30. The van der Waals surface area contributed by atoms with E-state index in [2.05, 4.69) is 23.8 Å². The molecule has 4 heteroatoms. The molecule has 4 atom stereocenters. The van der Waals surface area contributed by atoms with Gasteiger partial charge in [-0.15, -0.1) is 0 Å². The Labute approximate surface area is 110 Å². The van der Waals surface area contributed by atoms with E-state index in [1.807, 2.05) is 0 Å². The van der Waals surface area contributed by atoms with Crippen molar-refractivity contribution in [1.29, 1.82) is 0 Å². The van der Waals surface area contributed by atoms with Gasteiger partial charge in [-0.3, -0.25) is 4.90 Å². The topological polar surface area (TPSA) is 41.7 Å². The SMILES string of the molecule is CN1C2CCC1CN(CC1(C)COCC1N)CC2. The molecule has 2 N–H and O–H groups in total. The average molecular weight is 253 g/mol. The molecule has 18 heavy (non-hydrogen) atoms. The Hall–Kier alpha value is -0.160. The van der Waals surface area contributed by atoms with E-state index in [1.54, 1.807) is 0 Å². The summed E-state index contributed by atoms with van der Waals surface area (Å²) in [5, 5.41) is 0. The number of likely N-dealkylation sites (N-methyl/N-ethyl adjacent to an activating group) is 1. The lowest BCUT2D eigenvalue weighted by Crippen LogP contribution is -2.48. The fourth-order valence-corrected chi connectivity index (χ4v) is 3.92. The van der Waals surface area contributed by atoms with Crippen LogP contribution < -0.4 is 5.73 Å². The van der Waals surface area contributed by atoms with Crippen molar-refractivity contribution in [2.45, 2.75) is 44.3 Å². The zero-order valence-corrected chi connectivity index (χ0v) is 11.8. The summed E-state index contributed by atoms with van der Waals surface area (Å²) in [4.78, 5) is 5.24. The Morgan fingerprint density at radius 3 is 2.78 bits per heavy atom. The largest absolute Gasteiger partial charge is 0.379 e. The van der Waals surface area contributed by atoms with Crippen molar-refractivity contribution >= 4 is 0 Å². The van der Waals surface area contributed by atoms with Crippen molar-refractivity contribution in [3.8, 4) is 0 Å². The summed E-state index contributed by atoms with van der Waals surface area (Å²) in [5.74, 6) is 0. The second-order valence-electron chi connectivity index (χ2n) is 6.85. The van der Waals surface area contributed by atoms with Crippen LogP contribution in [0.25, 0.3) is 0 Å². The van der Waals surface area contributed by atoms with Gasteiger partial charge < -0.3 is 15.4 Å². The van der Waals surface area contributed by atoms with Gasteiger partial charge in [-0.25, -0.2) is 0 Å². The normalized spacial score (nSPS) is 46.5. The van der Waals surface area contributed by atoms with Gasteiger partial charge in [0.2, 0.25) is 0 Å². The lowest BCUT2D eigenvalue weighted by molar-refractivity contribution is 0.113. The van der Waals surface area contributed by atoms with E-state index < -0.39 is 0 Å². The summed E-state index contributed by atoms with van der Waals surface area (Å²) in [6.45, 7) is 7.40. The number of nitrogens with two attached hydrogens (primary N) is 1. The molecule has 0 aromatic carbocycles. The van der Waals surface area contributed by atoms with E-state index in [1.165, 1.54) is 32.4 Å². The summed E-state index contributed by atoms with van der Waals surface area (Å²) < 4.78 is 5.57. The highest BCUT2D eigenvalue weighted by molar-refractivity contribution is 4.96. The molecule has 0 saturated carbocycles. The first-order valence-corrected chi connectivity index (χ1v) is 7.36. The highest BCUT2D eigenvalue weighted by atomic mass is 16.5. The van der Waals surface area contributed by atoms with Crippen molar-refractivity contribution < 1.29 is 4.74 Å². The molecule has 3 fully saturated rings. The van der Waals surface area contributed by atoms with Crippen molar-refractivity contribution in [2.24, 2.45) is 11.1 Å². The summed E-state index contributed by atoms with van der Waals surface area (Å²) in [6.07, 6.45) is 4.09. The van der Waals surface area contributed by atoms with E-state index in [0.29, 0.717) is 0 Å². The third-order valence-electron chi connectivity index (χ3n) is 5.44. The lowest BCUT2D eigenvalue weighted by atomic mass is 9.85. The van der Waals surface area contributed by atoms with Gasteiger partial charge >= 0.3 is 0 Å². The number of hydrogen-bond acceptors (Lipinski definition) is 4. The minimum Gasteiger partial charge on any atom is -0.379 e. The van der Waals surface area contributed by atoms with Crippen LogP contribution in [0.5, 0.6) is 0 Å². The van der Waals surface area contributed by atoms with E-state index in [-0.39, 0.29) is 11.5 Å². The fourth-order valence-electron chi connectivity index (χ4n) is 3.92. The maximum atomic E-state index is 6.21. The van der Waals surface area contributed by atoms with E-state index in [0.717, 1.165) is 31.8 Å². The highest BCUT2D eigenvalue weighted by Crippen LogP contribution is 2.32. The monoisotopic (exact) mass is 253 g/mol. The predicted molar refractivity (Wildman–Crippen MR) is 72.5 cm³/mol. The minimum atomic E-state index is 0.155. The molecule has 3 aliphatic rings. The number of nitrogens with zero attached hydrogens (tertiary/aromatic N) is 2. The molecular formula is C14H27N3O. The first-order valence-electron chi connectivity index (χ1n) is 7.36. The molecule has 104 valence electrons. The Morgan fingerprint density at radius 1 is 1.28 bits per heavy atom. The second-order valence-corrected chi connectivity index (χ2v) is 6.85. The molecule has 4 unspecified atom stereocenters. The standard InChI is InChI=1S/C14H27N3O/c1-14(10-18-8-13(14)15)9-17-6-5-11-3-4-12(7-17)16(11)2/h11-13H,3-10,15H2,1-2H3. The van der Waals surface area contributed by atoms with Gasteiger partial charge in [-0.1, -0.05) is 6.92 Å². The zero-order valence-electron chi connectivity index (χ0n) is 11.8. The Morgan fingerprint density at radius 2 is 2.06 bits per heavy atom. The van der Waals surface area contributed by atoms with Gasteiger partial charge in [0.25, 0.3) is 0 Å². The van der Waals surface area contributed by atoms with Crippen molar-refractivity contribution in [3.63, 3.8) is 0 Å². The van der Waals surface area contributed by atoms with Crippen LogP contribution in [0.2, 0.25) is 0 Å². The lowest BCUT2D eigenvalue weighted by Gasteiger charge is -2.35. The van der Waals surface area contributed by atoms with Gasteiger partial charge in [-0.2, -0.15) is 0 Å². The molecule has 3 rings (SSSR count). The van der Waals surface area contributed by atoms with Crippen molar-refractivity contribution in [1.82, 2.24) is 9.80 Å². The molecule has 0 amide bonds. The van der Waals surface area contributed by atoms with Crippen LogP contribution in [-0.2, 0) is 4.74 Å². The van der Waals surface area contributed by atoms with Gasteiger partial charge in [-0.05, 0) is 32.9 Å². The first-order chi connectivity index (χ1) is 8.58. The molecule has 2 bridgehead atoms. The molecule has 3 heterocycles. The van der Waals surface area contributed by atoms with Crippen LogP contribution >= 0.6 is 0 Å². The molecule has 4 nitrogen and oxygen atoms in total. The molecular weight excluding hydrogens is 226 g/mol. The molecule has 0 aliphatic carbocycles. The maximum Gasteiger partial charge on any atom is 0.0624 e. The average Bonchev–Trinajstić information content (AvgIpc) is 2.75. The van der Waals surface area contributed by atoms with Crippen LogP contribution in [0.3, 0.4) is 0 Å². The number of ether oxygens (including phenoxy) is 1. The van der Waals surface area contributed by atoms with E-state index in [9.17, 15) is 0 Å². The Bertz CT molecular complexity index is 311. The molecule has 0 spiro atoms. The smallest absolute Gasteiger partial charge is 0.0624 e. The number of fused-ring (bicyclic) bond motifs is 2. The quantitative estimate of drug-likeness (QED) is 0.779. The molecule has 3 saturated heterocycles. The van der Waals surface area contributed by atoms with Gasteiger partial charge in [0.1, 0.15) is 0 Å². The zero-order chi connectivity index (χ0) is 12.8. The summed E-state index contributed by atoms with van der Waals surface area (Å²) in [5.41, 5.74) is 6.37. The van der Waals surface area contributed by atoms with Gasteiger partial charge in [0.15, 0.2) is 0 Å².